The highest BCUT2D eigenvalue weighted by molar-refractivity contribution is 9.10. The van der Waals surface area contributed by atoms with Gasteiger partial charge in [-0.3, -0.25) is 0 Å². The third-order valence-corrected chi connectivity index (χ3v) is 2.89. The number of carbonyl (C=O) groups is 1. The van der Waals surface area contributed by atoms with Gasteiger partial charge in [0.1, 0.15) is 12.4 Å². The molecule has 0 aliphatic carbocycles. The van der Waals surface area contributed by atoms with Crippen LogP contribution in [0.15, 0.2) is 28.3 Å². The molecule has 0 unspecified atom stereocenters. The molecule has 1 aromatic rings. The zero-order valence-electron chi connectivity index (χ0n) is 9.46. The smallest absolute Gasteiger partial charge is 0.331 e. The van der Waals surface area contributed by atoms with Crippen molar-refractivity contribution in [1.29, 1.82) is 0 Å². The van der Waals surface area contributed by atoms with Gasteiger partial charge >= 0.3 is 5.97 Å². The second-order valence-corrected chi connectivity index (χ2v) is 4.86. The van der Waals surface area contributed by atoms with Gasteiger partial charge in [-0.2, -0.15) is 0 Å². The Morgan fingerprint density at radius 3 is 2.76 bits per heavy atom. The van der Waals surface area contributed by atoms with Crippen LogP contribution in [0.1, 0.15) is 12.5 Å². The number of benzene rings is 1. The van der Waals surface area contributed by atoms with Crippen molar-refractivity contribution in [2.24, 2.45) is 0 Å². The molecule has 1 rings (SSSR count). The van der Waals surface area contributed by atoms with E-state index in [2.05, 4.69) is 15.9 Å². The van der Waals surface area contributed by atoms with E-state index in [1.165, 1.54) is 13.0 Å². The Morgan fingerprint density at radius 1 is 1.59 bits per heavy atom. The van der Waals surface area contributed by atoms with Crippen LogP contribution in [-0.2, 0) is 4.79 Å². The zero-order valence-corrected chi connectivity index (χ0v) is 11.8. The minimum absolute atomic E-state index is 0.181. The van der Waals surface area contributed by atoms with Crippen molar-refractivity contribution in [3.8, 4) is 5.75 Å². The number of aryl methyl sites for hydroxylation is 1. The second kappa shape index (κ2) is 6.07. The lowest BCUT2D eigenvalue weighted by Crippen LogP contribution is -2.01. The Bertz CT molecular complexity index is 446. The highest BCUT2D eigenvalue weighted by Crippen LogP contribution is 2.31. The van der Waals surface area contributed by atoms with Crippen LogP contribution in [0.4, 0.5) is 0 Å². The van der Waals surface area contributed by atoms with Crippen LogP contribution in [0.5, 0.6) is 5.75 Å². The summed E-state index contributed by atoms with van der Waals surface area (Å²) in [5, 5.41) is 9.17. The van der Waals surface area contributed by atoms with Crippen LogP contribution in [0.25, 0.3) is 0 Å². The minimum atomic E-state index is -0.952. The highest BCUT2D eigenvalue weighted by Gasteiger charge is 2.07. The molecule has 1 N–H and O–H groups in total. The molecule has 17 heavy (non-hydrogen) atoms. The third-order valence-electron chi connectivity index (χ3n) is 2.15. The van der Waals surface area contributed by atoms with Crippen molar-refractivity contribution in [3.05, 3.63) is 38.8 Å². The number of hydrogen-bond donors (Lipinski definition) is 1. The molecule has 0 atom stereocenters. The van der Waals surface area contributed by atoms with E-state index in [9.17, 15) is 4.79 Å². The summed E-state index contributed by atoms with van der Waals surface area (Å²) in [6, 6.07) is 3.62. The van der Waals surface area contributed by atoms with Gasteiger partial charge in [-0.05, 0) is 37.6 Å². The number of carboxylic acids is 1. The summed E-state index contributed by atoms with van der Waals surface area (Å²) in [4.78, 5) is 10.6. The van der Waals surface area contributed by atoms with E-state index >= 15 is 0 Å². The topological polar surface area (TPSA) is 46.5 Å². The van der Waals surface area contributed by atoms with Crippen molar-refractivity contribution in [2.45, 2.75) is 13.8 Å². The maximum Gasteiger partial charge on any atom is 0.331 e. The summed E-state index contributed by atoms with van der Waals surface area (Å²) in [5.41, 5.74) is 1.14. The van der Waals surface area contributed by atoms with Gasteiger partial charge in [-0.15, -0.1) is 0 Å². The van der Waals surface area contributed by atoms with Gasteiger partial charge < -0.3 is 9.84 Å². The van der Waals surface area contributed by atoms with Gasteiger partial charge in [-0.25, -0.2) is 4.79 Å². The molecule has 0 aliphatic rings. The number of aliphatic carboxylic acids is 1. The summed E-state index contributed by atoms with van der Waals surface area (Å²) in [6.45, 7) is 3.57. The van der Waals surface area contributed by atoms with Crippen LogP contribution in [-0.4, -0.2) is 17.7 Å². The number of halogens is 2. The van der Waals surface area contributed by atoms with Crippen molar-refractivity contribution >= 4 is 33.5 Å². The van der Waals surface area contributed by atoms with E-state index in [0.717, 1.165) is 10.0 Å². The Kier molecular flexibility index (Phi) is 5.02. The zero-order chi connectivity index (χ0) is 13.0. The molecule has 0 aromatic heterocycles. The van der Waals surface area contributed by atoms with E-state index in [4.69, 9.17) is 21.4 Å². The minimum Gasteiger partial charge on any atom is -0.488 e. The monoisotopic (exact) mass is 318 g/mol. The van der Waals surface area contributed by atoms with Gasteiger partial charge in [0.05, 0.1) is 5.02 Å². The first-order valence-corrected chi connectivity index (χ1v) is 6.07. The highest BCUT2D eigenvalue weighted by atomic mass is 79.9. The van der Waals surface area contributed by atoms with Crippen LogP contribution < -0.4 is 4.74 Å². The summed E-state index contributed by atoms with van der Waals surface area (Å²) in [6.07, 6.45) is 1.50. The molecular weight excluding hydrogens is 307 g/mol. The first-order chi connectivity index (χ1) is 7.91. The fourth-order valence-corrected chi connectivity index (χ4v) is 2.23. The lowest BCUT2D eigenvalue weighted by Gasteiger charge is -2.10. The van der Waals surface area contributed by atoms with Crippen molar-refractivity contribution in [1.82, 2.24) is 0 Å². The summed E-state index contributed by atoms with van der Waals surface area (Å²) >= 11 is 9.35. The predicted molar refractivity (Wildman–Crippen MR) is 70.8 cm³/mol. The largest absolute Gasteiger partial charge is 0.488 e. The van der Waals surface area contributed by atoms with Crippen LogP contribution >= 0.6 is 27.5 Å². The molecule has 0 heterocycles. The average Bonchev–Trinajstić information content (AvgIpc) is 2.21. The van der Waals surface area contributed by atoms with Crippen molar-refractivity contribution < 1.29 is 14.6 Å². The third kappa shape index (κ3) is 4.06. The number of hydrogen-bond acceptors (Lipinski definition) is 2. The average molecular weight is 320 g/mol. The molecule has 0 spiro atoms. The van der Waals surface area contributed by atoms with Crippen LogP contribution in [0, 0.1) is 6.92 Å². The fourth-order valence-electron chi connectivity index (χ4n) is 1.21. The second-order valence-electron chi connectivity index (χ2n) is 3.54. The Labute approximate surface area is 113 Å². The number of ether oxygens (including phenoxy) is 1. The molecule has 0 fully saturated rings. The molecule has 92 valence electrons. The molecule has 1 aromatic carbocycles. The lowest BCUT2D eigenvalue weighted by molar-refractivity contribution is -0.132. The number of carboxylic acid groups (broad SMARTS) is 1. The molecule has 0 bridgehead atoms. The van der Waals surface area contributed by atoms with E-state index in [0.29, 0.717) is 10.8 Å². The molecule has 0 aliphatic heterocycles. The Hall–Kier alpha value is -1.00. The molecule has 0 saturated heterocycles. The summed E-state index contributed by atoms with van der Waals surface area (Å²) in [7, 11) is 0. The van der Waals surface area contributed by atoms with Crippen molar-refractivity contribution in [3.63, 3.8) is 0 Å². The fraction of sp³-hybridized carbons (Fsp3) is 0.250. The van der Waals surface area contributed by atoms with Crippen LogP contribution in [0.2, 0.25) is 5.02 Å². The Morgan fingerprint density at radius 2 is 2.24 bits per heavy atom. The SMILES string of the molecule is CC(=CCOc1c(C)cc(Br)cc1Cl)C(=O)O. The summed E-state index contributed by atoms with van der Waals surface area (Å²) in [5.74, 6) is -0.378. The van der Waals surface area contributed by atoms with E-state index in [1.807, 2.05) is 13.0 Å². The lowest BCUT2D eigenvalue weighted by atomic mass is 10.2. The normalized spacial score (nSPS) is 11.4. The summed E-state index contributed by atoms with van der Waals surface area (Å²) < 4.78 is 6.33. The first kappa shape index (κ1) is 14.1. The predicted octanol–water partition coefficient (Wildman–Crippen LogP) is 3.82. The molecule has 0 radical (unpaired) electrons. The van der Waals surface area contributed by atoms with E-state index in [1.54, 1.807) is 6.07 Å². The first-order valence-electron chi connectivity index (χ1n) is 4.90. The van der Waals surface area contributed by atoms with Gasteiger partial charge in [0, 0.05) is 10.0 Å². The van der Waals surface area contributed by atoms with Gasteiger partial charge in [-0.1, -0.05) is 27.5 Å². The van der Waals surface area contributed by atoms with E-state index in [-0.39, 0.29) is 12.2 Å². The molecular formula is C12H12BrClO3. The quantitative estimate of drug-likeness (QED) is 0.858. The van der Waals surface area contributed by atoms with Gasteiger partial charge in [0.2, 0.25) is 0 Å². The molecule has 5 heteroatoms. The van der Waals surface area contributed by atoms with Gasteiger partial charge in [0.25, 0.3) is 0 Å². The molecule has 0 saturated carbocycles. The molecule has 3 nitrogen and oxygen atoms in total. The van der Waals surface area contributed by atoms with Crippen molar-refractivity contribution in [2.75, 3.05) is 6.61 Å². The van der Waals surface area contributed by atoms with E-state index < -0.39 is 5.97 Å². The number of rotatable bonds is 4. The Balaban J connectivity index is 2.77. The molecule has 0 amide bonds. The van der Waals surface area contributed by atoms with Gasteiger partial charge in [0.15, 0.2) is 0 Å². The maximum atomic E-state index is 10.6. The van der Waals surface area contributed by atoms with Crippen LogP contribution in [0.3, 0.4) is 0 Å². The standard InChI is InChI=1S/C12H12BrClO3/c1-7(12(15)16)3-4-17-11-8(2)5-9(13)6-10(11)14/h3,5-6H,4H2,1-2H3,(H,15,16). The maximum absolute atomic E-state index is 10.6.